The Kier molecular flexibility index (Phi) is 7.23. The molecule has 15 heavy (non-hydrogen) atoms. The first-order chi connectivity index (χ1) is 6.50. The average Bonchev–Trinajstić information content (AvgIpc) is 1.76. The van der Waals surface area contributed by atoms with Crippen molar-refractivity contribution in [2.24, 2.45) is 11.3 Å². The number of quaternary nitrogens is 1. The normalized spacial score (nSPS) is 12.8. The maximum Gasteiger partial charge on any atom is 0.139 e. The first-order valence-corrected chi connectivity index (χ1v) is 4.98. The van der Waals surface area contributed by atoms with E-state index in [4.69, 9.17) is 0 Å². The summed E-state index contributed by atoms with van der Waals surface area (Å²) in [7, 11) is 6.25. The van der Waals surface area contributed by atoms with E-state index in [1.807, 2.05) is 0 Å². The second kappa shape index (κ2) is 6.56. The summed E-state index contributed by atoms with van der Waals surface area (Å²) in [6.45, 7) is 6.38. The van der Waals surface area contributed by atoms with E-state index >= 15 is 0 Å². The number of carboxylic acids is 1. The topological polar surface area (TPSA) is 61.6 Å². The van der Waals surface area contributed by atoms with Gasteiger partial charge in [-0.15, -0.1) is 0 Å². The fraction of sp³-hybridized carbons (Fsp3) is 0.818. The molecule has 0 aromatic carbocycles. The van der Waals surface area contributed by atoms with Crippen LogP contribution in [0.1, 0.15) is 27.7 Å². The van der Waals surface area contributed by atoms with E-state index in [1.54, 1.807) is 20.8 Å². The number of carboxylic acid groups (broad SMARTS) is 1. The van der Waals surface area contributed by atoms with E-state index in [2.05, 4.69) is 21.1 Å². The van der Waals surface area contributed by atoms with Crippen LogP contribution in [0.15, 0.2) is 0 Å². The zero-order valence-electron chi connectivity index (χ0n) is 10.8. The minimum absolute atomic E-state index is 0.350. The number of hydrogen-bond acceptors (Lipinski definition) is 3. The fourth-order valence-electron chi connectivity index (χ4n) is 1.13. The van der Waals surface area contributed by atoms with Crippen molar-refractivity contribution < 1.29 is 19.6 Å². The maximum absolute atomic E-state index is 10.8. The van der Waals surface area contributed by atoms with Crippen LogP contribution in [-0.2, 0) is 9.59 Å². The van der Waals surface area contributed by atoms with Gasteiger partial charge in [0.1, 0.15) is 5.78 Å². The SMILES string of the molecule is CC(=O)C(C(=O)[O-])C(C)(C)C.C[NH+](C)C. The molecule has 1 atom stereocenters. The van der Waals surface area contributed by atoms with Crippen molar-refractivity contribution in [3.63, 3.8) is 0 Å². The van der Waals surface area contributed by atoms with Gasteiger partial charge in [-0.2, -0.15) is 0 Å². The third-order valence-electron chi connectivity index (χ3n) is 1.51. The first-order valence-electron chi connectivity index (χ1n) is 4.98. The second-order valence-corrected chi connectivity index (χ2v) is 5.23. The zero-order valence-corrected chi connectivity index (χ0v) is 10.8. The van der Waals surface area contributed by atoms with Gasteiger partial charge in [0.15, 0.2) is 0 Å². The number of hydrogen-bond donors (Lipinski definition) is 1. The van der Waals surface area contributed by atoms with Gasteiger partial charge >= 0.3 is 0 Å². The summed E-state index contributed by atoms with van der Waals surface area (Å²) in [5.41, 5.74) is -0.551. The zero-order chi connectivity index (χ0) is 12.8. The summed E-state index contributed by atoms with van der Waals surface area (Å²) >= 11 is 0. The molecule has 1 N–H and O–H groups in total. The Labute approximate surface area is 92.3 Å². The highest BCUT2D eigenvalue weighted by Crippen LogP contribution is 2.25. The molecule has 0 aromatic rings. The summed E-state index contributed by atoms with van der Waals surface area (Å²) in [6.07, 6.45) is 0. The van der Waals surface area contributed by atoms with Gasteiger partial charge in [0.05, 0.1) is 33.0 Å². The first kappa shape index (κ1) is 16.5. The van der Waals surface area contributed by atoms with Crippen molar-refractivity contribution >= 4 is 11.8 Å². The molecule has 1 unspecified atom stereocenters. The lowest BCUT2D eigenvalue weighted by Crippen LogP contribution is -3.02. The van der Waals surface area contributed by atoms with Gasteiger partial charge in [-0.05, 0) is 12.3 Å². The van der Waals surface area contributed by atoms with Crippen molar-refractivity contribution in [3.05, 3.63) is 0 Å². The Morgan fingerprint density at radius 2 is 1.40 bits per heavy atom. The third kappa shape index (κ3) is 9.41. The highest BCUT2D eigenvalue weighted by molar-refractivity contribution is 5.96. The molecular formula is C11H23NO3. The average molecular weight is 217 g/mol. The van der Waals surface area contributed by atoms with Gasteiger partial charge in [-0.25, -0.2) is 0 Å². The second-order valence-electron chi connectivity index (χ2n) is 5.23. The van der Waals surface area contributed by atoms with Crippen molar-refractivity contribution in [1.82, 2.24) is 0 Å². The molecule has 0 aliphatic rings. The monoisotopic (exact) mass is 217 g/mol. The highest BCUT2D eigenvalue weighted by atomic mass is 16.4. The van der Waals surface area contributed by atoms with Crippen LogP contribution in [0.2, 0.25) is 0 Å². The molecule has 0 bridgehead atoms. The van der Waals surface area contributed by atoms with Crippen LogP contribution >= 0.6 is 0 Å². The Morgan fingerprint density at radius 3 is 1.40 bits per heavy atom. The van der Waals surface area contributed by atoms with Gasteiger partial charge in [-0.3, -0.25) is 4.79 Å². The summed E-state index contributed by atoms with van der Waals surface area (Å²) in [5, 5.41) is 10.5. The lowest BCUT2D eigenvalue weighted by molar-refractivity contribution is -0.836. The molecule has 0 spiro atoms. The molecule has 0 aromatic heterocycles. The Hall–Kier alpha value is -0.900. The number of rotatable bonds is 2. The molecule has 0 amide bonds. The number of aliphatic carboxylic acids is 1. The number of ketones is 1. The van der Waals surface area contributed by atoms with Crippen molar-refractivity contribution in [1.29, 1.82) is 0 Å². The Bertz CT molecular complexity index is 200. The summed E-state index contributed by atoms with van der Waals surface area (Å²) in [6, 6.07) is 0. The van der Waals surface area contributed by atoms with Gasteiger partial charge in [0, 0.05) is 0 Å². The van der Waals surface area contributed by atoms with Crippen LogP contribution < -0.4 is 10.0 Å². The summed E-state index contributed by atoms with van der Waals surface area (Å²) in [5.74, 6) is -2.63. The lowest BCUT2D eigenvalue weighted by Gasteiger charge is -2.28. The van der Waals surface area contributed by atoms with Gasteiger partial charge in [0.2, 0.25) is 0 Å². The molecule has 0 saturated heterocycles. The predicted molar refractivity (Wildman–Crippen MR) is 57.4 cm³/mol. The van der Waals surface area contributed by atoms with E-state index in [0.717, 1.165) is 0 Å². The molecule has 90 valence electrons. The van der Waals surface area contributed by atoms with Crippen molar-refractivity contribution in [3.8, 4) is 0 Å². The molecular weight excluding hydrogens is 194 g/mol. The van der Waals surface area contributed by atoms with Crippen molar-refractivity contribution in [2.75, 3.05) is 21.1 Å². The molecule has 0 heterocycles. The largest absolute Gasteiger partial charge is 0.549 e. The van der Waals surface area contributed by atoms with Crippen molar-refractivity contribution in [2.45, 2.75) is 27.7 Å². The van der Waals surface area contributed by atoms with Crippen LogP contribution in [0.4, 0.5) is 0 Å². The Balaban J connectivity index is 0. The number of carbonyl (C=O) groups is 2. The summed E-state index contributed by atoms with van der Waals surface area (Å²) in [4.78, 5) is 22.7. The lowest BCUT2D eigenvalue weighted by atomic mass is 9.78. The summed E-state index contributed by atoms with van der Waals surface area (Å²) < 4.78 is 0. The molecule has 0 rings (SSSR count). The smallest absolute Gasteiger partial charge is 0.139 e. The molecule has 4 heteroatoms. The van der Waals surface area contributed by atoms with Gasteiger partial charge < -0.3 is 14.8 Å². The van der Waals surface area contributed by atoms with Gasteiger partial charge in [-0.1, -0.05) is 20.8 Å². The predicted octanol–water partition coefficient (Wildman–Crippen LogP) is -1.25. The highest BCUT2D eigenvalue weighted by Gasteiger charge is 2.29. The quantitative estimate of drug-likeness (QED) is 0.588. The van der Waals surface area contributed by atoms with Crippen LogP contribution in [0.5, 0.6) is 0 Å². The minimum Gasteiger partial charge on any atom is -0.549 e. The standard InChI is InChI=1S/C8H14O3.C3H9N/c1-5(9)6(7(10)11)8(2,3)4;1-4(2)3/h6H,1-4H3,(H,10,11);1-3H3. The van der Waals surface area contributed by atoms with Crippen LogP contribution in [0, 0.1) is 11.3 Å². The van der Waals surface area contributed by atoms with E-state index in [-0.39, 0.29) is 5.78 Å². The van der Waals surface area contributed by atoms with E-state index in [9.17, 15) is 14.7 Å². The molecule has 4 nitrogen and oxygen atoms in total. The molecule has 0 radical (unpaired) electrons. The van der Waals surface area contributed by atoms with E-state index < -0.39 is 17.3 Å². The number of nitrogens with one attached hydrogen (secondary N) is 1. The maximum atomic E-state index is 10.8. The van der Waals surface area contributed by atoms with Crippen LogP contribution in [-0.4, -0.2) is 32.9 Å². The molecule has 0 aliphatic heterocycles. The molecule has 0 saturated carbocycles. The fourth-order valence-corrected chi connectivity index (χ4v) is 1.13. The van der Waals surface area contributed by atoms with E-state index in [0.29, 0.717) is 0 Å². The van der Waals surface area contributed by atoms with Crippen LogP contribution in [0.3, 0.4) is 0 Å². The molecule has 0 fully saturated rings. The Morgan fingerprint density at radius 1 is 1.13 bits per heavy atom. The van der Waals surface area contributed by atoms with Gasteiger partial charge in [0.25, 0.3) is 0 Å². The third-order valence-corrected chi connectivity index (χ3v) is 1.51. The van der Waals surface area contributed by atoms with E-state index in [1.165, 1.54) is 11.8 Å². The number of carbonyl (C=O) groups excluding carboxylic acids is 2. The molecule has 0 aliphatic carbocycles. The minimum atomic E-state index is -1.29. The van der Waals surface area contributed by atoms with Crippen LogP contribution in [0.25, 0.3) is 0 Å². The number of Topliss-reactive ketones (excluding diaryl/α,β-unsaturated/α-hetero) is 1.